The van der Waals surface area contributed by atoms with Gasteiger partial charge in [-0.1, -0.05) is 29.5 Å². The maximum Gasteiger partial charge on any atom is 0.310 e. The molecule has 3 heterocycles. The van der Waals surface area contributed by atoms with E-state index >= 15 is 0 Å². The van der Waals surface area contributed by atoms with Gasteiger partial charge in [-0.2, -0.15) is 0 Å². The lowest BCUT2D eigenvalue weighted by molar-refractivity contribution is -0.147. The van der Waals surface area contributed by atoms with Gasteiger partial charge in [-0.15, -0.1) is 5.10 Å². The Morgan fingerprint density at radius 1 is 1.11 bits per heavy atom. The number of likely N-dealkylation sites (tertiary alicyclic amines) is 1. The maximum atomic E-state index is 12.6. The minimum atomic E-state index is -1.04. The Kier molecular flexibility index (Phi) is 6.62. The highest BCUT2D eigenvalue weighted by Crippen LogP contribution is 2.44. The normalized spacial score (nSPS) is 15.5. The van der Waals surface area contributed by atoms with Crippen molar-refractivity contribution >= 4 is 17.0 Å². The molecule has 1 fully saturated rings. The quantitative estimate of drug-likeness (QED) is 0.378. The monoisotopic (exact) mass is 500 g/mol. The lowest BCUT2D eigenvalue weighted by atomic mass is 9.69. The highest BCUT2D eigenvalue weighted by molar-refractivity contribution is 5.81. The Bertz CT molecular complexity index is 1440. The average Bonchev–Trinajstić information content (AvgIpc) is 3.61. The first-order valence-electron chi connectivity index (χ1n) is 13.0. The number of aryl methyl sites for hydroxylation is 3. The first-order valence-corrected chi connectivity index (χ1v) is 13.0. The number of fused-ring (bicyclic) bond motifs is 1. The van der Waals surface area contributed by atoms with Crippen LogP contribution in [0, 0.1) is 19.3 Å². The summed E-state index contributed by atoms with van der Waals surface area (Å²) in [6.07, 6.45) is 6.42. The third-order valence-electron chi connectivity index (χ3n) is 8.08. The number of aromatic nitrogens is 5. The van der Waals surface area contributed by atoms with Crippen molar-refractivity contribution in [3.63, 3.8) is 0 Å². The topological polar surface area (TPSA) is 89.1 Å². The van der Waals surface area contributed by atoms with Crippen molar-refractivity contribution in [2.45, 2.75) is 59.5 Å². The Hall–Kier alpha value is -3.52. The fraction of sp³-hybridized carbons (Fsp3) is 0.448. The molecule has 0 aliphatic carbocycles. The third-order valence-corrected chi connectivity index (χ3v) is 8.08. The van der Waals surface area contributed by atoms with E-state index in [2.05, 4.69) is 49.9 Å². The molecule has 1 unspecified atom stereocenters. The SMILES string of the molecule is Cc1ccc(C(c2ccc3c(nnn3C)c2C)C(C)(C)C(=O)O)cc1Cn1ccnc1CN1CCCC1. The van der Waals surface area contributed by atoms with Gasteiger partial charge in [-0.3, -0.25) is 9.69 Å². The predicted octanol–water partition coefficient (Wildman–Crippen LogP) is 4.67. The van der Waals surface area contributed by atoms with Gasteiger partial charge in [0.05, 0.1) is 17.5 Å². The molecule has 1 aliphatic rings. The van der Waals surface area contributed by atoms with Gasteiger partial charge in [-0.05, 0) is 87.5 Å². The highest BCUT2D eigenvalue weighted by atomic mass is 16.4. The summed E-state index contributed by atoms with van der Waals surface area (Å²) >= 11 is 0. The second kappa shape index (κ2) is 9.74. The van der Waals surface area contributed by atoms with Gasteiger partial charge in [-0.25, -0.2) is 9.67 Å². The molecule has 194 valence electrons. The highest BCUT2D eigenvalue weighted by Gasteiger charge is 2.40. The second-order valence-electron chi connectivity index (χ2n) is 11.0. The largest absolute Gasteiger partial charge is 0.481 e. The van der Waals surface area contributed by atoms with Crippen LogP contribution in [-0.4, -0.2) is 53.6 Å². The molecule has 5 rings (SSSR count). The van der Waals surface area contributed by atoms with Crippen LogP contribution in [-0.2, 0) is 24.9 Å². The van der Waals surface area contributed by atoms with Crippen molar-refractivity contribution in [1.29, 1.82) is 0 Å². The Balaban J connectivity index is 1.56. The molecule has 37 heavy (non-hydrogen) atoms. The molecule has 8 nitrogen and oxygen atoms in total. The second-order valence-corrected chi connectivity index (χ2v) is 11.0. The van der Waals surface area contributed by atoms with Crippen molar-refractivity contribution in [2.75, 3.05) is 13.1 Å². The molecule has 0 spiro atoms. The van der Waals surface area contributed by atoms with Crippen LogP contribution >= 0.6 is 0 Å². The number of imidazole rings is 1. The Morgan fingerprint density at radius 2 is 1.86 bits per heavy atom. The zero-order valence-corrected chi connectivity index (χ0v) is 22.4. The molecule has 0 saturated carbocycles. The van der Waals surface area contributed by atoms with Crippen LogP contribution in [0.15, 0.2) is 42.7 Å². The minimum Gasteiger partial charge on any atom is -0.481 e. The van der Waals surface area contributed by atoms with Gasteiger partial charge in [0.2, 0.25) is 0 Å². The number of benzene rings is 2. The van der Waals surface area contributed by atoms with E-state index in [9.17, 15) is 9.90 Å². The molecule has 1 saturated heterocycles. The molecule has 0 amide bonds. The van der Waals surface area contributed by atoms with E-state index in [-0.39, 0.29) is 5.92 Å². The summed E-state index contributed by atoms with van der Waals surface area (Å²) in [5.41, 5.74) is 5.97. The molecule has 8 heteroatoms. The van der Waals surface area contributed by atoms with Crippen molar-refractivity contribution in [2.24, 2.45) is 12.5 Å². The summed E-state index contributed by atoms with van der Waals surface area (Å²) < 4.78 is 3.97. The van der Waals surface area contributed by atoms with Crippen molar-refractivity contribution < 1.29 is 9.90 Å². The van der Waals surface area contributed by atoms with Crippen molar-refractivity contribution in [3.05, 3.63) is 76.4 Å². The molecule has 0 radical (unpaired) electrons. The van der Waals surface area contributed by atoms with E-state index in [0.29, 0.717) is 6.54 Å². The number of rotatable bonds is 8. The fourth-order valence-corrected chi connectivity index (χ4v) is 5.67. The molecule has 1 N–H and O–H groups in total. The Morgan fingerprint density at radius 3 is 2.59 bits per heavy atom. The summed E-state index contributed by atoms with van der Waals surface area (Å²) in [6.45, 7) is 11.6. The molecule has 2 aromatic heterocycles. The van der Waals surface area contributed by atoms with Gasteiger partial charge in [0.15, 0.2) is 0 Å². The van der Waals surface area contributed by atoms with E-state index < -0.39 is 11.4 Å². The van der Waals surface area contributed by atoms with Gasteiger partial charge in [0.1, 0.15) is 11.3 Å². The van der Waals surface area contributed by atoms with E-state index in [4.69, 9.17) is 0 Å². The summed E-state index contributed by atoms with van der Waals surface area (Å²) in [5.74, 6) is -0.124. The van der Waals surface area contributed by atoms with Crippen LogP contribution < -0.4 is 0 Å². The van der Waals surface area contributed by atoms with Crippen LogP contribution in [0.5, 0.6) is 0 Å². The molecular weight excluding hydrogens is 464 g/mol. The maximum absolute atomic E-state index is 12.6. The van der Waals surface area contributed by atoms with Crippen LogP contribution in [0.2, 0.25) is 0 Å². The lowest BCUT2D eigenvalue weighted by Gasteiger charge is -2.33. The standard InChI is InChI=1S/C29H36N6O2/c1-19-8-9-21(16-22(19)17-35-15-12-30-25(35)18-34-13-6-7-14-34)26(29(3,4)28(36)37)23-10-11-24-27(20(23)2)31-32-33(24)5/h8-12,15-16,26H,6-7,13-14,17-18H2,1-5H3,(H,36,37). The summed E-state index contributed by atoms with van der Waals surface area (Å²) in [6, 6.07) is 10.4. The zero-order chi connectivity index (χ0) is 26.3. The first-order chi connectivity index (χ1) is 17.7. The molecule has 4 aromatic rings. The molecule has 1 aliphatic heterocycles. The summed E-state index contributed by atoms with van der Waals surface area (Å²) in [5, 5.41) is 18.8. The molecule has 0 bridgehead atoms. The van der Waals surface area contributed by atoms with Crippen molar-refractivity contribution in [1.82, 2.24) is 29.4 Å². The molecule has 2 aromatic carbocycles. The smallest absolute Gasteiger partial charge is 0.310 e. The van der Waals surface area contributed by atoms with E-state index in [1.165, 1.54) is 24.0 Å². The number of nitrogens with zero attached hydrogens (tertiary/aromatic N) is 6. The summed E-state index contributed by atoms with van der Waals surface area (Å²) in [4.78, 5) is 19.7. The third kappa shape index (κ3) is 4.66. The van der Waals surface area contributed by atoms with Crippen LogP contribution in [0.4, 0.5) is 0 Å². The fourth-order valence-electron chi connectivity index (χ4n) is 5.67. The minimum absolute atomic E-state index is 0.359. The number of carboxylic acid groups (broad SMARTS) is 1. The van der Waals surface area contributed by atoms with Gasteiger partial charge < -0.3 is 9.67 Å². The average molecular weight is 501 g/mol. The number of carbonyl (C=O) groups is 1. The number of carboxylic acids is 1. The van der Waals surface area contributed by atoms with Gasteiger partial charge >= 0.3 is 5.97 Å². The van der Waals surface area contributed by atoms with Crippen molar-refractivity contribution in [3.8, 4) is 0 Å². The van der Waals surface area contributed by atoms with E-state index in [1.54, 1.807) is 4.68 Å². The summed E-state index contributed by atoms with van der Waals surface area (Å²) in [7, 11) is 1.87. The number of hydrogen-bond acceptors (Lipinski definition) is 5. The van der Waals surface area contributed by atoms with Crippen LogP contribution in [0.1, 0.15) is 66.2 Å². The van der Waals surface area contributed by atoms with Crippen LogP contribution in [0.25, 0.3) is 11.0 Å². The number of hydrogen-bond donors (Lipinski definition) is 1. The lowest BCUT2D eigenvalue weighted by Crippen LogP contribution is -2.32. The predicted molar refractivity (Wildman–Crippen MR) is 144 cm³/mol. The Labute approximate surface area is 217 Å². The zero-order valence-electron chi connectivity index (χ0n) is 22.4. The first kappa shape index (κ1) is 25.1. The van der Waals surface area contributed by atoms with E-state index in [1.807, 2.05) is 52.3 Å². The van der Waals surface area contributed by atoms with E-state index in [0.717, 1.165) is 53.2 Å². The van der Waals surface area contributed by atoms with Gasteiger partial charge in [0, 0.05) is 31.9 Å². The number of aliphatic carboxylic acids is 1. The molecule has 1 atom stereocenters. The van der Waals surface area contributed by atoms with Gasteiger partial charge in [0.25, 0.3) is 0 Å². The molecular formula is C29H36N6O2. The van der Waals surface area contributed by atoms with Crippen LogP contribution in [0.3, 0.4) is 0 Å².